The largest absolute Gasteiger partial charge is 0.333 e. The van der Waals surface area contributed by atoms with Crippen LogP contribution in [0.3, 0.4) is 0 Å². The Morgan fingerprint density at radius 1 is 1.13 bits per heavy atom. The molecule has 1 saturated heterocycles. The number of nitrogens with one attached hydrogen (secondary N) is 1. The number of sulfonamides is 1. The maximum absolute atomic E-state index is 13.8. The Kier molecular flexibility index (Phi) is 6.57. The lowest BCUT2D eigenvalue weighted by Gasteiger charge is -2.42. The number of halogens is 2. The highest BCUT2D eigenvalue weighted by molar-refractivity contribution is 7.88. The van der Waals surface area contributed by atoms with Crippen molar-refractivity contribution in [2.45, 2.75) is 44.2 Å². The summed E-state index contributed by atoms with van der Waals surface area (Å²) in [6, 6.07) is 16.1. The molecule has 30 heavy (non-hydrogen) atoms. The van der Waals surface area contributed by atoms with Gasteiger partial charge in [0.25, 0.3) is 5.91 Å². The van der Waals surface area contributed by atoms with Crippen LogP contribution in [0, 0.1) is 0 Å². The van der Waals surface area contributed by atoms with Crippen LogP contribution in [-0.2, 0) is 21.2 Å². The minimum absolute atomic E-state index is 0.174. The molecule has 1 heterocycles. The second-order valence-electron chi connectivity index (χ2n) is 7.86. The van der Waals surface area contributed by atoms with Gasteiger partial charge >= 0.3 is 5.92 Å². The van der Waals surface area contributed by atoms with Gasteiger partial charge in [-0.1, -0.05) is 54.6 Å². The zero-order valence-electron chi connectivity index (χ0n) is 17.0. The Hall–Kier alpha value is -2.32. The zero-order chi connectivity index (χ0) is 21.9. The number of rotatable bonds is 6. The fourth-order valence-corrected chi connectivity index (χ4v) is 4.80. The van der Waals surface area contributed by atoms with E-state index in [0.717, 1.165) is 27.8 Å². The molecule has 162 valence electrons. The van der Waals surface area contributed by atoms with E-state index in [1.54, 1.807) is 0 Å². The smallest absolute Gasteiger partial charge is 0.322 e. The van der Waals surface area contributed by atoms with E-state index in [1.165, 1.54) is 0 Å². The fourth-order valence-electron chi connectivity index (χ4n) is 3.98. The first-order valence-corrected chi connectivity index (χ1v) is 11.7. The number of likely N-dealkylation sites (tertiary alicyclic amines) is 1. The predicted molar refractivity (Wildman–Crippen MR) is 113 cm³/mol. The number of nitrogens with zero attached hydrogens (tertiary/aromatic N) is 1. The summed E-state index contributed by atoms with van der Waals surface area (Å²) >= 11 is 0. The fraction of sp³-hybridized carbons (Fsp3) is 0.409. The van der Waals surface area contributed by atoms with Crippen LogP contribution >= 0.6 is 0 Å². The van der Waals surface area contributed by atoms with E-state index >= 15 is 0 Å². The molecule has 8 heteroatoms. The molecule has 1 aliphatic heterocycles. The number of hydrogen-bond acceptors (Lipinski definition) is 3. The van der Waals surface area contributed by atoms with E-state index in [4.69, 9.17) is 0 Å². The van der Waals surface area contributed by atoms with Gasteiger partial charge < -0.3 is 4.90 Å². The first-order chi connectivity index (χ1) is 14.0. The van der Waals surface area contributed by atoms with Gasteiger partial charge in [-0.3, -0.25) is 4.79 Å². The van der Waals surface area contributed by atoms with Crippen LogP contribution in [0.2, 0.25) is 0 Å². The van der Waals surface area contributed by atoms with Crippen molar-refractivity contribution in [2.75, 3.05) is 12.8 Å². The van der Waals surface area contributed by atoms with E-state index in [2.05, 4.69) is 4.72 Å². The second kappa shape index (κ2) is 8.81. The molecule has 0 aliphatic carbocycles. The van der Waals surface area contributed by atoms with Crippen LogP contribution in [0.25, 0.3) is 11.1 Å². The van der Waals surface area contributed by atoms with Crippen molar-refractivity contribution in [3.8, 4) is 11.1 Å². The van der Waals surface area contributed by atoms with Crippen molar-refractivity contribution < 1.29 is 22.0 Å². The number of hydrogen-bond donors (Lipinski definition) is 1. The molecular weight excluding hydrogens is 410 g/mol. The van der Waals surface area contributed by atoms with Crippen LogP contribution in [0.15, 0.2) is 54.6 Å². The van der Waals surface area contributed by atoms with Gasteiger partial charge in [-0.25, -0.2) is 13.1 Å². The number of carbonyl (C=O) groups excluding carboxylic acids is 1. The lowest BCUT2D eigenvalue weighted by molar-refractivity contribution is -0.159. The molecule has 2 atom stereocenters. The maximum atomic E-state index is 13.8. The molecule has 0 bridgehead atoms. The third kappa shape index (κ3) is 5.64. The summed E-state index contributed by atoms with van der Waals surface area (Å²) < 4.78 is 53.9. The van der Waals surface area contributed by atoms with Gasteiger partial charge in [0, 0.05) is 19.5 Å². The van der Waals surface area contributed by atoms with Gasteiger partial charge in [0.15, 0.2) is 0 Å². The van der Waals surface area contributed by atoms with Gasteiger partial charge in [-0.05, 0) is 36.0 Å². The quantitative estimate of drug-likeness (QED) is 0.754. The summed E-state index contributed by atoms with van der Waals surface area (Å²) in [5.41, 5.74) is 2.83. The van der Waals surface area contributed by atoms with E-state index in [0.29, 0.717) is 19.8 Å². The highest BCUT2D eigenvalue weighted by Gasteiger charge is 2.43. The molecule has 5 nitrogen and oxygen atoms in total. The molecule has 1 fully saturated rings. The topological polar surface area (TPSA) is 66.5 Å². The van der Waals surface area contributed by atoms with E-state index in [-0.39, 0.29) is 13.0 Å². The van der Waals surface area contributed by atoms with Crippen LogP contribution in [0.4, 0.5) is 8.78 Å². The minimum atomic E-state index is -3.56. The second-order valence-corrected chi connectivity index (χ2v) is 9.64. The Bertz CT molecular complexity index is 991. The highest BCUT2D eigenvalue weighted by atomic mass is 32.2. The van der Waals surface area contributed by atoms with Crippen molar-refractivity contribution >= 4 is 15.9 Å². The monoisotopic (exact) mass is 436 g/mol. The van der Waals surface area contributed by atoms with Crippen LogP contribution < -0.4 is 4.72 Å². The van der Waals surface area contributed by atoms with E-state index in [1.807, 2.05) is 54.6 Å². The Labute approximate surface area is 176 Å². The lowest BCUT2D eigenvalue weighted by atomic mass is 9.90. The SMILES string of the molecule is CC(F)(F)C(=O)N1CCC[C@@H](NS(C)(=O)=O)[C@H]1Cc1cccc(-c2ccccc2)c1. The number of carbonyl (C=O) groups is 1. The van der Waals surface area contributed by atoms with Crippen molar-refractivity contribution in [3.05, 3.63) is 60.2 Å². The van der Waals surface area contributed by atoms with Crippen molar-refractivity contribution in [1.29, 1.82) is 0 Å². The number of alkyl halides is 2. The summed E-state index contributed by atoms with van der Waals surface area (Å²) in [4.78, 5) is 13.6. The number of benzene rings is 2. The third-order valence-corrected chi connectivity index (χ3v) is 5.99. The number of amides is 1. The molecule has 0 aromatic heterocycles. The van der Waals surface area contributed by atoms with Crippen LogP contribution in [-0.4, -0.2) is 50.0 Å². The molecule has 3 rings (SSSR count). The summed E-state index contributed by atoms with van der Waals surface area (Å²) in [7, 11) is -3.56. The van der Waals surface area contributed by atoms with Crippen molar-refractivity contribution in [1.82, 2.24) is 9.62 Å². The van der Waals surface area contributed by atoms with Crippen LogP contribution in [0.1, 0.15) is 25.3 Å². The summed E-state index contributed by atoms with van der Waals surface area (Å²) in [6.07, 6.45) is 2.25. The molecular formula is C22H26F2N2O3S. The van der Waals surface area contributed by atoms with Crippen LogP contribution in [0.5, 0.6) is 0 Å². The van der Waals surface area contributed by atoms with Gasteiger partial charge in [-0.2, -0.15) is 8.78 Å². The molecule has 1 aliphatic rings. The van der Waals surface area contributed by atoms with E-state index < -0.39 is 33.9 Å². The summed E-state index contributed by atoms with van der Waals surface area (Å²) in [6.45, 7) is 0.753. The van der Waals surface area contributed by atoms with Crippen molar-refractivity contribution in [2.24, 2.45) is 0 Å². The Balaban J connectivity index is 1.93. The standard InChI is InChI=1S/C22H26F2N2O3S/c1-22(23,24)21(27)26-13-7-12-19(25-30(2,28)29)20(26)15-16-8-6-11-18(14-16)17-9-4-3-5-10-17/h3-6,8-11,14,19-20,25H,7,12-13,15H2,1-2H3/t19-,20-/m1/s1. The van der Waals surface area contributed by atoms with E-state index in [9.17, 15) is 22.0 Å². The lowest BCUT2D eigenvalue weighted by Crippen LogP contribution is -2.60. The molecule has 0 unspecified atom stereocenters. The normalized spacial score (nSPS) is 20.2. The molecule has 0 radical (unpaired) electrons. The molecule has 1 N–H and O–H groups in total. The summed E-state index contributed by atoms with van der Waals surface area (Å²) in [5.74, 6) is -4.79. The molecule has 1 amide bonds. The summed E-state index contributed by atoms with van der Waals surface area (Å²) in [5, 5.41) is 0. The number of piperidine rings is 1. The molecule has 2 aromatic rings. The first-order valence-electron chi connectivity index (χ1n) is 9.85. The van der Waals surface area contributed by atoms with Gasteiger partial charge in [0.05, 0.1) is 12.3 Å². The Morgan fingerprint density at radius 3 is 2.43 bits per heavy atom. The van der Waals surface area contributed by atoms with Gasteiger partial charge in [0.1, 0.15) is 0 Å². The maximum Gasteiger partial charge on any atom is 0.322 e. The van der Waals surface area contributed by atoms with Crippen molar-refractivity contribution in [3.63, 3.8) is 0 Å². The Morgan fingerprint density at radius 2 is 1.80 bits per heavy atom. The third-order valence-electron chi connectivity index (χ3n) is 5.26. The average Bonchev–Trinajstić information content (AvgIpc) is 2.68. The molecule has 0 spiro atoms. The average molecular weight is 437 g/mol. The molecule has 2 aromatic carbocycles. The van der Waals surface area contributed by atoms with Gasteiger partial charge in [-0.15, -0.1) is 0 Å². The molecule has 0 saturated carbocycles. The van der Waals surface area contributed by atoms with Gasteiger partial charge in [0.2, 0.25) is 10.0 Å². The highest BCUT2D eigenvalue weighted by Crippen LogP contribution is 2.28. The zero-order valence-corrected chi connectivity index (χ0v) is 17.8. The minimum Gasteiger partial charge on any atom is -0.333 e. The first kappa shape index (κ1) is 22.4. The predicted octanol–water partition coefficient (Wildman–Crippen LogP) is 3.46.